The second-order valence-electron chi connectivity index (χ2n) is 11.4. The molecule has 4 aromatic carbocycles. The van der Waals surface area contributed by atoms with Crippen molar-refractivity contribution in [1.82, 2.24) is 10.2 Å². The van der Waals surface area contributed by atoms with E-state index in [9.17, 15) is 22.4 Å². The third-order valence-corrected chi connectivity index (χ3v) is 9.93. The van der Waals surface area contributed by atoms with E-state index in [4.69, 9.17) is 0 Å². The van der Waals surface area contributed by atoms with Gasteiger partial charge in [0, 0.05) is 19.0 Å². The van der Waals surface area contributed by atoms with Gasteiger partial charge in [0.25, 0.3) is 10.0 Å². The van der Waals surface area contributed by atoms with Crippen molar-refractivity contribution in [2.24, 2.45) is 0 Å². The molecule has 5 rings (SSSR count). The summed E-state index contributed by atoms with van der Waals surface area (Å²) >= 11 is 0. The first-order valence-electron chi connectivity index (χ1n) is 15.3. The molecule has 1 fully saturated rings. The average Bonchev–Trinajstić information content (AvgIpc) is 3.07. The average molecular weight is 628 g/mol. The number of amides is 2. The van der Waals surface area contributed by atoms with Gasteiger partial charge in [-0.25, -0.2) is 12.8 Å². The molecule has 0 radical (unpaired) electrons. The number of carbonyl (C=O) groups is 2. The second kappa shape index (κ2) is 15.0. The number of rotatable bonds is 12. The number of nitrogens with one attached hydrogen (secondary N) is 1. The predicted molar refractivity (Wildman–Crippen MR) is 173 cm³/mol. The van der Waals surface area contributed by atoms with E-state index in [-0.39, 0.29) is 35.5 Å². The first-order chi connectivity index (χ1) is 21.8. The van der Waals surface area contributed by atoms with Crippen LogP contribution in [0.4, 0.5) is 10.1 Å². The van der Waals surface area contributed by atoms with Crippen LogP contribution in [-0.2, 0) is 32.6 Å². The van der Waals surface area contributed by atoms with Gasteiger partial charge in [-0.05, 0) is 60.4 Å². The van der Waals surface area contributed by atoms with E-state index >= 15 is 0 Å². The first kappa shape index (κ1) is 31.9. The molecule has 1 aliphatic carbocycles. The van der Waals surface area contributed by atoms with Crippen LogP contribution in [0, 0.1) is 5.82 Å². The fourth-order valence-corrected chi connectivity index (χ4v) is 7.17. The quantitative estimate of drug-likeness (QED) is 0.205. The molecule has 1 atom stereocenters. The highest BCUT2D eigenvalue weighted by molar-refractivity contribution is 7.92. The summed E-state index contributed by atoms with van der Waals surface area (Å²) in [5.74, 6) is -1.35. The zero-order valence-corrected chi connectivity index (χ0v) is 25.9. The van der Waals surface area contributed by atoms with Crippen molar-refractivity contribution in [3.05, 3.63) is 132 Å². The number of sulfonamides is 1. The summed E-state index contributed by atoms with van der Waals surface area (Å²) in [6.45, 7) is -0.490. The third-order valence-electron chi connectivity index (χ3n) is 8.14. The highest BCUT2D eigenvalue weighted by Gasteiger charge is 2.35. The van der Waals surface area contributed by atoms with Crippen molar-refractivity contribution in [2.75, 3.05) is 10.8 Å². The number of halogens is 1. The van der Waals surface area contributed by atoms with Gasteiger partial charge in [0.05, 0.1) is 10.6 Å². The number of nitrogens with zero attached hydrogens (tertiary/aromatic N) is 2. The van der Waals surface area contributed by atoms with Gasteiger partial charge >= 0.3 is 0 Å². The molecule has 4 aromatic rings. The van der Waals surface area contributed by atoms with Crippen LogP contribution in [0.25, 0.3) is 0 Å². The zero-order chi connectivity index (χ0) is 31.6. The molecule has 45 heavy (non-hydrogen) atoms. The molecule has 0 bridgehead atoms. The summed E-state index contributed by atoms with van der Waals surface area (Å²) in [4.78, 5) is 30.0. The van der Waals surface area contributed by atoms with E-state index in [2.05, 4.69) is 5.32 Å². The van der Waals surface area contributed by atoms with Crippen molar-refractivity contribution < 1.29 is 22.4 Å². The lowest BCUT2D eigenvalue weighted by atomic mass is 9.94. The number of carbonyl (C=O) groups excluding carboxylic acids is 2. The van der Waals surface area contributed by atoms with E-state index in [1.54, 1.807) is 18.2 Å². The largest absolute Gasteiger partial charge is 0.352 e. The Kier molecular flexibility index (Phi) is 10.6. The van der Waals surface area contributed by atoms with Crippen LogP contribution in [0.3, 0.4) is 0 Å². The molecule has 9 heteroatoms. The van der Waals surface area contributed by atoms with Gasteiger partial charge in [0.1, 0.15) is 18.4 Å². The first-order valence-corrected chi connectivity index (χ1v) is 16.8. The van der Waals surface area contributed by atoms with Gasteiger partial charge in [0.15, 0.2) is 0 Å². The molecule has 1 saturated carbocycles. The van der Waals surface area contributed by atoms with E-state index < -0.39 is 34.3 Å². The molecular weight excluding hydrogens is 589 g/mol. The number of hydrogen-bond donors (Lipinski definition) is 1. The summed E-state index contributed by atoms with van der Waals surface area (Å²) in [6, 6.07) is 30.7. The third kappa shape index (κ3) is 8.36. The van der Waals surface area contributed by atoms with Crippen LogP contribution >= 0.6 is 0 Å². The summed E-state index contributed by atoms with van der Waals surface area (Å²) in [5, 5.41) is 3.20. The monoisotopic (exact) mass is 627 g/mol. The van der Waals surface area contributed by atoms with E-state index in [0.29, 0.717) is 0 Å². The van der Waals surface area contributed by atoms with E-state index in [1.165, 1.54) is 29.2 Å². The summed E-state index contributed by atoms with van der Waals surface area (Å²) < 4.78 is 42.8. The van der Waals surface area contributed by atoms with Crippen LogP contribution in [0.15, 0.2) is 120 Å². The van der Waals surface area contributed by atoms with Crippen LogP contribution in [-0.4, -0.2) is 43.8 Å². The Hall–Kier alpha value is -4.50. The SMILES string of the molecule is O=C(NC1CCCCC1)C(Cc1ccccc1)N(Cc1ccccc1)C(=O)CN(c1ccc(F)cc1)S(=O)(=O)c1ccccc1. The van der Waals surface area contributed by atoms with Crippen LogP contribution in [0.2, 0.25) is 0 Å². The summed E-state index contributed by atoms with van der Waals surface area (Å²) in [7, 11) is -4.23. The smallest absolute Gasteiger partial charge is 0.264 e. The number of benzene rings is 4. The topological polar surface area (TPSA) is 86.8 Å². The predicted octanol–water partition coefficient (Wildman–Crippen LogP) is 6.11. The molecule has 0 aliphatic heterocycles. The van der Waals surface area contributed by atoms with Crippen molar-refractivity contribution in [3.63, 3.8) is 0 Å². The van der Waals surface area contributed by atoms with Crippen molar-refractivity contribution in [2.45, 2.75) is 62.0 Å². The minimum atomic E-state index is -4.23. The Balaban J connectivity index is 1.54. The van der Waals surface area contributed by atoms with Gasteiger partial charge in [-0.15, -0.1) is 0 Å². The van der Waals surface area contributed by atoms with E-state index in [1.807, 2.05) is 60.7 Å². The van der Waals surface area contributed by atoms with Crippen LogP contribution in [0.1, 0.15) is 43.2 Å². The fraction of sp³-hybridized carbons (Fsp3) is 0.278. The van der Waals surface area contributed by atoms with Crippen LogP contribution in [0.5, 0.6) is 0 Å². The Bertz CT molecular complexity index is 1650. The normalized spacial score (nSPS) is 14.3. The lowest BCUT2D eigenvalue weighted by Crippen LogP contribution is -2.55. The molecule has 1 N–H and O–H groups in total. The Morgan fingerprint density at radius 3 is 1.91 bits per heavy atom. The highest BCUT2D eigenvalue weighted by atomic mass is 32.2. The van der Waals surface area contributed by atoms with Gasteiger partial charge < -0.3 is 10.2 Å². The molecule has 0 saturated heterocycles. The van der Waals surface area contributed by atoms with Crippen molar-refractivity contribution in [3.8, 4) is 0 Å². The highest BCUT2D eigenvalue weighted by Crippen LogP contribution is 2.26. The van der Waals surface area contributed by atoms with Crippen LogP contribution < -0.4 is 9.62 Å². The molecule has 1 unspecified atom stereocenters. The maximum atomic E-state index is 14.5. The molecule has 0 heterocycles. The minimum absolute atomic E-state index is 0.00684. The zero-order valence-electron chi connectivity index (χ0n) is 25.1. The molecule has 1 aliphatic rings. The number of anilines is 1. The standard InChI is InChI=1S/C36H38FN3O4S/c37-30-21-23-32(24-22-30)40(45(43,44)33-19-11-4-12-20-33)27-35(41)39(26-29-15-7-2-8-16-29)34(25-28-13-5-1-6-14-28)36(42)38-31-17-9-3-10-18-31/h1-2,4-8,11-16,19-24,31,34H,3,9-10,17-18,25-27H2,(H,38,42). The molecular formula is C36H38FN3O4S. The molecule has 2 amide bonds. The second-order valence-corrected chi connectivity index (χ2v) is 13.2. The molecule has 0 aromatic heterocycles. The number of hydrogen-bond acceptors (Lipinski definition) is 4. The van der Waals surface area contributed by atoms with E-state index in [0.717, 1.165) is 59.7 Å². The fourth-order valence-electron chi connectivity index (χ4n) is 5.73. The molecule has 7 nitrogen and oxygen atoms in total. The maximum absolute atomic E-state index is 14.5. The summed E-state index contributed by atoms with van der Waals surface area (Å²) in [5.41, 5.74) is 1.81. The molecule has 234 valence electrons. The van der Waals surface area contributed by atoms with Gasteiger partial charge in [0.2, 0.25) is 11.8 Å². The minimum Gasteiger partial charge on any atom is -0.352 e. The van der Waals surface area contributed by atoms with Crippen molar-refractivity contribution in [1.29, 1.82) is 0 Å². The van der Waals surface area contributed by atoms with Gasteiger partial charge in [-0.1, -0.05) is 98.1 Å². The van der Waals surface area contributed by atoms with Gasteiger partial charge in [-0.2, -0.15) is 0 Å². The van der Waals surface area contributed by atoms with Gasteiger partial charge in [-0.3, -0.25) is 13.9 Å². The summed E-state index contributed by atoms with van der Waals surface area (Å²) in [6.07, 6.45) is 5.21. The lowest BCUT2D eigenvalue weighted by molar-refractivity contribution is -0.140. The Morgan fingerprint density at radius 2 is 1.31 bits per heavy atom. The maximum Gasteiger partial charge on any atom is 0.264 e. The Morgan fingerprint density at radius 1 is 0.756 bits per heavy atom. The Labute approximate surface area is 264 Å². The lowest BCUT2D eigenvalue weighted by Gasteiger charge is -2.35. The van der Waals surface area contributed by atoms with Crippen molar-refractivity contribution >= 4 is 27.5 Å². The molecule has 0 spiro atoms.